The molecule has 0 spiro atoms. The van der Waals surface area contributed by atoms with Gasteiger partial charge in [-0.1, -0.05) is 110 Å². The second-order valence-electron chi connectivity index (χ2n) is 12.5. The number of rotatable bonds is 24. The Hall–Kier alpha value is -1.50. The van der Waals surface area contributed by atoms with Crippen molar-refractivity contribution in [1.82, 2.24) is 15.1 Å². The van der Waals surface area contributed by atoms with Crippen molar-refractivity contribution in [3.05, 3.63) is 0 Å². The smallest absolute Gasteiger partial charge is 0.410 e. The van der Waals surface area contributed by atoms with E-state index >= 15 is 0 Å². The third-order valence-electron chi connectivity index (χ3n) is 8.25. The second-order valence-corrected chi connectivity index (χ2v) is 12.5. The summed E-state index contributed by atoms with van der Waals surface area (Å²) in [6.07, 6.45) is 26.2. The average Bonchev–Trinajstić information content (AvgIpc) is 2.94. The fraction of sp³-hybridized carbons (Fsp3) is 0.939. The third kappa shape index (κ3) is 19.6. The van der Waals surface area contributed by atoms with Gasteiger partial charge < -0.3 is 24.6 Å². The monoisotopic (exact) mass is 567 g/mol. The minimum absolute atomic E-state index is 0.134. The van der Waals surface area contributed by atoms with Crippen LogP contribution in [-0.2, 0) is 9.47 Å². The van der Waals surface area contributed by atoms with Gasteiger partial charge in [0.1, 0.15) is 12.2 Å². The van der Waals surface area contributed by atoms with Crippen molar-refractivity contribution < 1.29 is 19.1 Å². The highest BCUT2D eigenvalue weighted by Crippen LogP contribution is 2.32. The van der Waals surface area contributed by atoms with Gasteiger partial charge in [0, 0.05) is 20.1 Å². The van der Waals surface area contributed by atoms with E-state index in [-0.39, 0.29) is 12.7 Å². The number of amides is 2. The molecule has 0 heterocycles. The first-order valence-electron chi connectivity index (χ1n) is 16.9. The van der Waals surface area contributed by atoms with Gasteiger partial charge in [-0.2, -0.15) is 0 Å². The van der Waals surface area contributed by atoms with E-state index in [0.717, 1.165) is 57.9 Å². The molecule has 0 aromatic heterocycles. The first-order chi connectivity index (χ1) is 19.4. The standard InChI is InChI=1S/C33H65N3O4/c1-5-6-7-8-9-10-11-12-13-14-15-16-17-18-19-23-27-34-31(37)39-30-33(25-21-20-22-26-33)40-32(38)36(4)29-24-28-35(2)3/h5-30H2,1-4H3,(H,34,37). The maximum absolute atomic E-state index is 12.7. The minimum atomic E-state index is -0.698. The number of nitrogens with zero attached hydrogens (tertiary/aromatic N) is 2. The topological polar surface area (TPSA) is 71.1 Å². The Morgan fingerprint density at radius 2 is 1.18 bits per heavy atom. The molecular weight excluding hydrogens is 502 g/mol. The number of unbranched alkanes of at least 4 members (excludes halogenated alkanes) is 15. The predicted octanol–water partition coefficient (Wildman–Crippen LogP) is 8.70. The van der Waals surface area contributed by atoms with Crippen molar-refractivity contribution >= 4 is 12.2 Å². The molecule has 40 heavy (non-hydrogen) atoms. The fourth-order valence-electron chi connectivity index (χ4n) is 5.56. The summed E-state index contributed by atoms with van der Waals surface area (Å²) in [5.74, 6) is 0. The van der Waals surface area contributed by atoms with Gasteiger partial charge in [0.25, 0.3) is 0 Å². The Balaban J connectivity index is 2.06. The predicted molar refractivity (Wildman–Crippen MR) is 167 cm³/mol. The molecule has 0 bridgehead atoms. The third-order valence-corrected chi connectivity index (χ3v) is 8.25. The molecule has 2 amide bonds. The summed E-state index contributed by atoms with van der Waals surface area (Å²) in [6.45, 7) is 4.62. The normalized spacial score (nSPS) is 14.7. The molecular formula is C33H65N3O4. The quantitative estimate of drug-likeness (QED) is 0.118. The second kappa shape index (κ2) is 24.1. The number of carbonyl (C=O) groups excluding carboxylic acids is 2. The Labute approximate surface area is 247 Å². The number of hydrogen-bond donors (Lipinski definition) is 1. The largest absolute Gasteiger partial charge is 0.445 e. The number of nitrogens with one attached hydrogen (secondary N) is 1. The van der Waals surface area contributed by atoms with Crippen LogP contribution < -0.4 is 5.32 Å². The van der Waals surface area contributed by atoms with Crippen LogP contribution in [0.25, 0.3) is 0 Å². The minimum Gasteiger partial charge on any atom is -0.445 e. The van der Waals surface area contributed by atoms with E-state index in [4.69, 9.17) is 9.47 Å². The first-order valence-corrected chi connectivity index (χ1v) is 16.9. The average molecular weight is 568 g/mol. The molecule has 0 saturated heterocycles. The van der Waals surface area contributed by atoms with E-state index in [1.54, 1.807) is 11.9 Å². The van der Waals surface area contributed by atoms with Crippen molar-refractivity contribution in [3.8, 4) is 0 Å². The molecule has 0 atom stereocenters. The number of hydrogen-bond acceptors (Lipinski definition) is 5. The fourth-order valence-corrected chi connectivity index (χ4v) is 5.56. The Morgan fingerprint density at radius 3 is 1.68 bits per heavy atom. The van der Waals surface area contributed by atoms with Crippen LogP contribution in [0.2, 0.25) is 0 Å². The van der Waals surface area contributed by atoms with E-state index in [1.807, 2.05) is 14.1 Å². The van der Waals surface area contributed by atoms with Crippen molar-refractivity contribution in [2.75, 3.05) is 47.4 Å². The SMILES string of the molecule is CCCCCCCCCCCCCCCCCCNC(=O)OCC1(OC(=O)N(C)CCCN(C)C)CCCCC1. The summed E-state index contributed by atoms with van der Waals surface area (Å²) in [7, 11) is 5.83. The molecule has 0 aromatic carbocycles. The maximum Gasteiger partial charge on any atom is 0.410 e. The van der Waals surface area contributed by atoms with Crippen LogP contribution in [-0.4, -0.2) is 75.0 Å². The van der Waals surface area contributed by atoms with Crippen LogP contribution in [0, 0.1) is 0 Å². The highest BCUT2D eigenvalue weighted by Gasteiger charge is 2.38. The summed E-state index contributed by atoms with van der Waals surface area (Å²) in [5.41, 5.74) is -0.698. The summed E-state index contributed by atoms with van der Waals surface area (Å²) in [5, 5.41) is 2.89. The van der Waals surface area contributed by atoms with Gasteiger partial charge in [-0.15, -0.1) is 0 Å². The van der Waals surface area contributed by atoms with Crippen molar-refractivity contribution in [2.24, 2.45) is 0 Å². The van der Waals surface area contributed by atoms with Crippen LogP contribution >= 0.6 is 0 Å². The molecule has 1 aliphatic rings. The van der Waals surface area contributed by atoms with Crippen LogP contribution in [0.5, 0.6) is 0 Å². The Kier molecular flexibility index (Phi) is 22.0. The van der Waals surface area contributed by atoms with Crippen LogP contribution in [0.15, 0.2) is 0 Å². The van der Waals surface area contributed by atoms with Gasteiger partial charge in [-0.3, -0.25) is 0 Å². The molecule has 0 aromatic rings. The molecule has 7 nitrogen and oxygen atoms in total. The van der Waals surface area contributed by atoms with E-state index in [2.05, 4.69) is 17.1 Å². The maximum atomic E-state index is 12.7. The molecule has 0 unspecified atom stereocenters. The molecule has 1 rings (SSSR count). The number of ether oxygens (including phenoxy) is 2. The number of alkyl carbamates (subject to hydrolysis) is 1. The van der Waals surface area contributed by atoms with Crippen molar-refractivity contribution in [2.45, 2.75) is 154 Å². The molecule has 7 heteroatoms. The van der Waals surface area contributed by atoms with Crippen LogP contribution in [0.3, 0.4) is 0 Å². The van der Waals surface area contributed by atoms with Gasteiger partial charge in [-0.25, -0.2) is 9.59 Å². The lowest BCUT2D eigenvalue weighted by molar-refractivity contribution is -0.0673. The Bertz CT molecular complexity index is 623. The molecule has 1 N–H and O–H groups in total. The first kappa shape index (κ1) is 36.5. The van der Waals surface area contributed by atoms with Crippen LogP contribution in [0.1, 0.15) is 148 Å². The number of carbonyl (C=O) groups is 2. The van der Waals surface area contributed by atoms with Crippen LogP contribution in [0.4, 0.5) is 9.59 Å². The Morgan fingerprint density at radius 1 is 0.675 bits per heavy atom. The van der Waals surface area contributed by atoms with Gasteiger partial charge >= 0.3 is 12.2 Å². The molecule has 1 fully saturated rings. The molecule has 1 aliphatic carbocycles. The van der Waals surface area contributed by atoms with E-state index in [0.29, 0.717) is 13.1 Å². The molecule has 0 aliphatic heterocycles. The lowest BCUT2D eigenvalue weighted by atomic mass is 9.85. The zero-order chi connectivity index (χ0) is 29.3. The van der Waals surface area contributed by atoms with Crippen molar-refractivity contribution in [3.63, 3.8) is 0 Å². The van der Waals surface area contributed by atoms with Gasteiger partial charge in [0.05, 0.1) is 0 Å². The van der Waals surface area contributed by atoms with Gasteiger partial charge in [0.2, 0.25) is 0 Å². The highest BCUT2D eigenvalue weighted by molar-refractivity contribution is 5.68. The van der Waals surface area contributed by atoms with E-state index in [1.165, 1.54) is 89.9 Å². The molecule has 0 radical (unpaired) electrons. The lowest BCUT2D eigenvalue weighted by Gasteiger charge is -2.37. The summed E-state index contributed by atoms with van der Waals surface area (Å²) < 4.78 is 11.5. The zero-order valence-electron chi connectivity index (χ0n) is 26.9. The molecule has 1 saturated carbocycles. The van der Waals surface area contributed by atoms with Gasteiger partial charge in [-0.05, 0) is 59.2 Å². The summed E-state index contributed by atoms with van der Waals surface area (Å²) in [4.78, 5) is 28.8. The summed E-state index contributed by atoms with van der Waals surface area (Å²) in [6, 6.07) is 0. The van der Waals surface area contributed by atoms with E-state index in [9.17, 15) is 9.59 Å². The lowest BCUT2D eigenvalue weighted by Crippen LogP contribution is -2.46. The highest BCUT2D eigenvalue weighted by atomic mass is 16.6. The van der Waals surface area contributed by atoms with Crippen molar-refractivity contribution in [1.29, 1.82) is 0 Å². The molecule has 236 valence electrons. The summed E-state index contributed by atoms with van der Waals surface area (Å²) >= 11 is 0. The van der Waals surface area contributed by atoms with Gasteiger partial charge in [0.15, 0.2) is 0 Å². The van der Waals surface area contributed by atoms with E-state index < -0.39 is 11.7 Å². The zero-order valence-corrected chi connectivity index (χ0v) is 26.9.